The zero-order valence-electron chi connectivity index (χ0n) is 20.6. The van der Waals surface area contributed by atoms with Gasteiger partial charge >= 0.3 is 0 Å². The van der Waals surface area contributed by atoms with Crippen LogP contribution in [0.2, 0.25) is 0 Å². The highest BCUT2D eigenvalue weighted by atomic mass is 16.5. The van der Waals surface area contributed by atoms with E-state index in [0.717, 1.165) is 0 Å². The van der Waals surface area contributed by atoms with Gasteiger partial charge in [-0.25, -0.2) is 0 Å². The normalized spacial score (nSPS) is 12.6. The summed E-state index contributed by atoms with van der Waals surface area (Å²) in [5.74, 6) is -1.61. The van der Waals surface area contributed by atoms with Crippen molar-refractivity contribution in [1.82, 2.24) is 0 Å². The van der Waals surface area contributed by atoms with Gasteiger partial charge in [0.05, 0.1) is 28.4 Å². The van der Waals surface area contributed by atoms with Gasteiger partial charge in [-0.1, -0.05) is 39.8 Å². The summed E-state index contributed by atoms with van der Waals surface area (Å²) in [6, 6.07) is 9.66. The van der Waals surface area contributed by atoms with Crippen molar-refractivity contribution in [2.45, 2.75) is 39.7 Å². The van der Waals surface area contributed by atoms with Crippen molar-refractivity contribution in [3.05, 3.63) is 47.5 Å². The van der Waals surface area contributed by atoms with Crippen molar-refractivity contribution >= 4 is 11.6 Å². The molecule has 7 nitrogen and oxygen atoms in total. The molecule has 33 heavy (non-hydrogen) atoms. The monoisotopic (exact) mass is 458 g/mol. The molecular formula is C26H34O7. The lowest BCUT2D eigenvalue weighted by Gasteiger charge is -2.36. The van der Waals surface area contributed by atoms with E-state index in [2.05, 4.69) is 0 Å². The molecule has 0 fully saturated rings. The number of carbonyl (C=O) groups is 2. The van der Waals surface area contributed by atoms with Crippen molar-refractivity contribution in [1.29, 1.82) is 0 Å². The lowest BCUT2D eigenvalue weighted by atomic mass is 9.70. The molecule has 2 rings (SSSR count). The van der Waals surface area contributed by atoms with Crippen LogP contribution in [-0.4, -0.2) is 50.7 Å². The van der Waals surface area contributed by atoms with E-state index in [0.29, 0.717) is 6.42 Å². The number of ether oxygens (including phenoxy) is 4. The minimum absolute atomic E-state index is 0.00651. The van der Waals surface area contributed by atoms with E-state index in [1.807, 2.05) is 20.8 Å². The predicted molar refractivity (Wildman–Crippen MR) is 126 cm³/mol. The number of hydrogen-bond donors (Lipinski definition) is 1. The van der Waals surface area contributed by atoms with Crippen molar-refractivity contribution in [2.75, 3.05) is 28.4 Å². The van der Waals surface area contributed by atoms with Crippen molar-refractivity contribution in [3.8, 4) is 23.0 Å². The van der Waals surface area contributed by atoms with Crippen LogP contribution in [-0.2, 0) is 0 Å². The molecule has 1 unspecified atom stereocenters. The van der Waals surface area contributed by atoms with Crippen LogP contribution in [0.15, 0.2) is 36.4 Å². The summed E-state index contributed by atoms with van der Waals surface area (Å²) in [7, 11) is 5.64. The molecule has 0 spiro atoms. The van der Waals surface area contributed by atoms with E-state index in [9.17, 15) is 14.7 Å². The van der Waals surface area contributed by atoms with Gasteiger partial charge in [-0.2, -0.15) is 0 Å². The SMILES string of the molecule is COc1cccc(OC)c1C(=O)C(O)(C(=O)c1c(OC)cccc1OC)C(C)CC(C)(C)C. The Morgan fingerprint density at radius 2 is 1.06 bits per heavy atom. The minimum atomic E-state index is -2.45. The zero-order chi connectivity index (χ0) is 25.0. The lowest BCUT2D eigenvalue weighted by molar-refractivity contribution is 0.0000639. The molecule has 180 valence electrons. The maximum atomic E-state index is 14.1. The molecule has 0 bridgehead atoms. The van der Waals surface area contributed by atoms with Crippen LogP contribution in [0.4, 0.5) is 0 Å². The van der Waals surface area contributed by atoms with Crippen molar-refractivity contribution < 1.29 is 33.6 Å². The van der Waals surface area contributed by atoms with Crippen LogP contribution < -0.4 is 18.9 Å². The van der Waals surface area contributed by atoms with Crippen LogP contribution >= 0.6 is 0 Å². The number of carbonyl (C=O) groups excluding carboxylic acids is 2. The molecule has 2 aromatic rings. The molecule has 7 heteroatoms. The van der Waals surface area contributed by atoms with Gasteiger partial charge in [0.15, 0.2) is 5.60 Å². The third kappa shape index (κ3) is 5.14. The Kier molecular flexibility index (Phi) is 8.14. The van der Waals surface area contributed by atoms with E-state index in [-0.39, 0.29) is 39.5 Å². The van der Waals surface area contributed by atoms with Crippen molar-refractivity contribution in [3.63, 3.8) is 0 Å². The maximum absolute atomic E-state index is 14.1. The van der Waals surface area contributed by atoms with E-state index in [4.69, 9.17) is 18.9 Å². The first-order valence-corrected chi connectivity index (χ1v) is 10.7. The summed E-state index contributed by atoms with van der Waals surface area (Å²) >= 11 is 0. The Bertz CT molecular complexity index is 892. The fourth-order valence-corrected chi connectivity index (χ4v) is 4.15. The number of aliphatic hydroxyl groups is 1. The molecule has 1 N–H and O–H groups in total. The largest absolute Gasteiger partial charge is 0.496 e. The Labute approximate surface area is 195 Å². The average Bonchev–Trinajstić information content (AvgIpc) is 2.79. The van der Waals surface area contributed by atoms with Crippen molar-refractivity contribution in [2.24, 2.45) is 11.3 Å². The molecule has 0 aromatic heterocycles. The number of Topliss-reactive ketones (excluding diaryl/α,β-unsaturated/α-hetero) is 2. The van der Waals surface area contributed by atoms with Gasteiger partial charge in [0.2, 0.25) is 11.6 Å². The van der Waals surface area contributed by atoms with Gasteiger partial charge in [-0.3, -0.25) is 9.59 Å². The third-order valence-electron chi connectivity index (χ3n) is 5.63. The molecule has 0 heterocycles. The molecular weight excluding hydrogens is 424 g/mol. The van der Waals surface area contributed by atoms with Crippen LogP contribution in [0.25, 0.3) is 0 Å². The van der Waals surface area contributed by atoms with Crippen LogP contribution in [0.1, 0.15) is 54.8 Å². The fraction of sp³-hybridized carbons (Fsp3) is 0.462. The molecule has 0 amide bonds. The topological polar surface area (TPSA) is 91.3 Å². The molecule has 0 radical (unpaired) electrons. The second kappa shape index (κ2) is 10.3. The summed E-state index contributed by atoms with van der Waals surface area (Å²) in [6.45, 7) is 7.62. The number of methoxy groups -OCH3 is 4. The van der Waals surface area contributed by atoms with Gasteiger partial charge in [0.25, 0.3) is 0 Å². The number of benzene rings is 2. The first-order valence-electron chi connectivity index (χ1n) is 10.7. The van der Waals surface area contributed by atoms with E-state index < -0.39 is 23.1 Å². The first-order chi connectivity index (χ1) is 15.5. The highest BCUT2D eigenvalue weighted by Gasteiger charge is 2.52. The average molecular weight is 459 g/mol. The maximum Gasteiger partial charge on any atom is 0.210 e. The smallest absolute Gasteiger partial charge is 0.210 e. The second-order valence-electron chi connectivity index (χ2n) is 9.17. The molecule has 0 aliphatic rings. The predicted octanol–water partition coefficient (Wildman–Crippen LogP) is 4.59. The molecule has 0 aliphatic carbocycles. The van der Waals surface area contributed by atoms with Gasteiger partial charge in [0.1, 0.15) is 34.1 Å². The molecule has 1 atom stereocenters. The highest BCUT2D eigenvalue weighted by molar-refractivity contribution is 6.25. The number of rotatable bonds is 10. The van der Waals surface area contributed by atoms with Crippen LogP contribution in [0.5, 0.6) is 23.0 Å². The van der Waals surface area contributed by atoms with Crippen LogP contribution in [0, 0.1) is 11.3 Å². The Morgan fingerprint density at radius 3 is 1.30 bits per heavy atom. The second-order valence-corrected chi connectivity index (χ2v) is 9.17. The fourth-order valence-electron chi connectivity index (χ4n) is 4.15. The van der Waals surface area contributed by atoms with Gasteiger partial charge in [-0.15, -0.1) is 0 Å². The standard InChI is InChI=1S/C26H34O7/c1-16(15-25(2,3)4)26(29,23(27)21-17(30-5)11-9-12-18(21)31-6)24(28)22-19(32-7)13-10-14-20(22)33-8/h9-14,16,29H,15H2,1-8H3. The summed E-state index contributed by atoms with van der Waals surface area (Å²) in [6.07, 6.45) is 0.385. The number of hydrogen-bond acceptors (Lipinski definition) is 7. The van der Waals surface area contributed by atoms with Gasteiger partial charge < -0.3 is 24.1 Å². The zero-order valence-corrected chi connectivity index (χ0v) is 20.6. The lowest BCUT2D eigenvalue weighted by Crippen LogP contribution is -2.53. The summed E-state index contributed by atoms with van der Waals surface area (Å²) in [5.41, 5.74) is -2.73. The summed E-state index contributed by atoms with van der Waals surface area (Å²) in [4.78, 5) is 28.1. The van der Waals surface area contributed by atoms with Gasteiger partial charge in [-0.05, 0) is 36.1 Å². The Morgan fingerprint density at radius 1 is 0.758 bits per heavy atom. The molecule has 0 saturated heterocycles. The third-order valence-corrected chi connectivity index (χ3v) is 5.63. The van der Waals surface area contributed by atoms with Gasteiger partial charge in [0, 0.05) is 5.92 Å². The first kappa shape index (κ1) is 26.2. The molecule has 2 aromatic carbocycles. The molecule has 0 saturated carbocycles. The summed E-state index contributed by atoms with van der Waals surface area (Å²) in [5, 5.41) is 12.0. The quantitative estimate of drug-likeness (QED) is 0.411. The highest BCUT2D eigenvalue weighted by Crippen LogP contribution is 2.42. The Hall–Kier alpha value is -3.06. The molecule has 0 aliphatic heterocycles. The minimum Gasteiger partial charge on any atom is -0.496 e. The van der Waals surface area contributed by atoms with E-state index >= 15 is 0 Å². The Balaban J connectivity index is 2.83. The van der Waals surface area contributed by atoms with Crippen LogP contribution in [0.3, 0.4) is 0 Å². The number of ketones is 2. The summed E-state index contributed by atoms with van der Waals surface area (Å²) < 4.78 is 21.5. The van der Waals surface area contributed by atoms with E-state index in [1.165, 1.54) is 28.4 Å². The van der Waals surface area contributed by atoms with E-state index in [1.54, 1.807) is 43.3 Å².